The normalized spacial score (nSPS) is 18.1. The molecule has 1 rings (SSSR count). The molecule has 0 aromatic rings. The van der Waals surface area contributed by atoms with Gasteiger partial charge in [0.1, 0.15) is 0 Å². The molecule has 1 aliphatic carbocycles. The van der Waals surface area contributed by atoms with Crippen molar-refractivity contribution >= 4 is 0 Å². The van der Waals surface area contributed by atoms with Crippen LogP contribution in [-0.2, 0) is 4.74 Å². The van der Waals surface area contributed by atoms with Gasteiger partial charge in [-0.2, -0.15) is 5.26 Å². The number of ether oxygens (including phenoxy) is 1. The third-order valence-corrected chi connectivity index (χ3v) is 3.50. The minimum absolute atomic E-state index is 0.277. The Balaban J connectivity index is 2.17. The fraction of sp³-hybridized carbons (Fsp3) is 0.923. The van der Waals surface area contributed by atoms with E-state index < -0.39 is 0 Å². The van der Waals surface area contributed by atoms with Gasteiger partial charge in [-0.25, -0.2) is 0 Å². The fourth-order valence-electron chi connectivity index (χ4n) is 1.89. The minimum atomic E-state index is 0.277. The molecule has 0 bridgehead atoms. The van der Waals surface area contributed by atoms with Crippen LogP contribution in [0.3, 0.4) is 0 Å². The number of nitrogens with one attached hydrogen (secondary N) is 1. The summed E-state index contributed by atoms with van der Waals surface area (Å²) in [4.78, 5) is 0. The zero-order chi connectivity index (χ0) is 12.1. The average Bonchev–Trinajstić information content (AvgIpc) is 2.96. The number of nitrogens with zero attached hydrogens (tertiary/aromatic N) is 1. The van der Waals surface area contributed by atoms with Gasteiger partial charge >= 0.3 is 0 Å². The maximum absolute atomic E-state index is 8.72. The molecule has 0 saturated heterocycles. The lowest BCUT2D eigenvalue weighted by atomic mass is 9.89. The summed E-state index contributed by atoms with van der Waals surface area (Å²) < 4.78 is 5.11. The van der Waals surface area contributed by atoms with E-state index in [1.165, 1.54) is 12.8 Å². The van der Waals surface area contributed by atoms with Gasteiger partial charge in [0, 0.05) is 33.2 Å². The van der Waals surface area contributed by atoms with E-state index in [9.17, 15) is 0 Å². The Morgan fingerprint density at radius 2 is 2.12 bits per heavy atom. The van der Waals surface area contributed by atoms with Crippen LogP contribution >= 0.6 is 0 Å². The molecule has 1 saturated carbocycles. The molecule has 0 amide bonds. The van der Waals surface area contributed by atoms with Crippen LogP contribution in [0.2, 0.25) is 0 Å². The quantitative estimate of drug-likeness (QED) is 0.688. The second-order valence-electron chi connectivity index (χ2n) is 5.85. The van der Waals surface area contributed by atoms with Crippen molar-refractivity contribution in [2.24, 2.45) is 10.8 Å². The van der Waals surface area contributed by atoms with Gasteiger partial charge in [-0.05, 0) is 30.1 Å². The molecule has 16 heavy (non-hydrogen) atoms. The summed E-state index contributed by atoms with van der Waals surface area (Å²) in [5, 5.41) is 12.2. The average molecular weight is 224 g/mol. The lowest BCUT2D eigenvalue weighted by Crippen LogP contribution is -2.34. The lowest BCUT2D eigenvalue weighted by Gasteiger charge is -2.26. The number of hydrogen-bond acceptors (Lipinski definition) is 3. The highest BCUT2D eigenvalue weighted by molar-refractivity contribution is 5.00. The molecule has 0 aromatic carbocycles. The molecule has 0 heterocycles. The topological polar surface area (TPSA) is 45.0 Å². The first kappa shape index (κ1) is 13.5. The van der Waals surface area contributed by atoms with Gasteiger partial charge in [0.15, 0.2) is 0 Å². The van der Waals surface area contributed by atoms with Crippen LogP contribution in [0.15, 0.2) is 0 Å². The molecule has 92 valence electrons. The van der Waals surface area contributed by atoms with E-state index in [0.29, 0.717) is 11.8 Å². The van der Waals surface area contributed by atoms with Crippen LogP contribution in [-0.4, -0.2) is 26.8 Å². The molecule has 1 aliphatic rings. The summed E-state index contributed by atoms with van der Waals surface area (Å²) >= 11 is 0. The van der Waals surface area contributed by atoms with Crippen LogP contribution < -0.4 is 5.32 Å². The van der Waals surface area contributed by atoms with E-state index in [1.807, 2.05) is 0 Å². The van der Waals surface area contributed by atoms with Crippen LogP contribution in [0.25, 0.3) is 0 Å². The summed E-state index contributed by atoms with van der Waals surface area (Å²) in [6.45, 7) is 7.32. The van der Waals surface area contributed by atoms with Gasteiger partial charge in [0.25, 0.3) is 0 Å². The van der Waals surface area contributed by atoms with Crippen molar-refractivity contribution in [3.8, 4) is 6.07 Å². The second-order valence-corrected chi connectivity index (χ2v) is 5.85. The Hall–Kier alpha value is -0.590. The smallest absolute Gasteiger partial charge is 0.0628 e. The van der Waals surface area contributed by atoms with Crippen molar-refractivity contribution in [3.63, 3.8) is 0 Å². The summed E-state index contributed by atoms with van der Waals surface area (Å²) in [5.74, 6) is 0. The fourth-order valence-corrected chi connectivity index (χ4v) is 1.89. The minimum Gasteiger partial charge on any atom is -0.385 e. The van der Waals surface area contributed by atoms with E-state index in [2.05, 4.69) is 25.2 Å². The van der Waals surface area contributed by atoms with Gasteiger partial charge in [0.05, 0.1) is 6.07 Å². The Morgan fingerprint density at radius 3 is 2.62 bits per heavy atom. The first-order valence-electron chi connectivity index (χ1n) is 6.10. The van der Waals surface area contributed by atoms with Crippen LogP contribution in [0.4, 0.5) is 0 Å². The van der Waals surface area contributed by atoms with Crippen molar-refractivity contribution in [2.75, 3.05) is 26.8 Å². The van der Waals surface area contributed by atoms with E-state index in [4.69, 9.17) is 10.00 Å². The number of rotatable bonds is 8. The third kappa shape index (κ3) is 4.51. The van der Waals surface area contributed by atoms with E-state index in [-0.39, 0.29) is 5.41 Å². The van der Waals surface area contributed by atoms with Gasteiger partial charge < -0.3 is 10.1 Å². The predicted octanol–water partition coefficient (Wildman–Crippen LogP) is 2.33. The van der Waals surface area contributed by atoms with Crippen LogP contribution in [0.5, 0.6) is 0 Å². The highest BCUT2D eigenvalue weighted by Crippen LogP contribution is 2.47. The summed E-state index contributed by atoms with van der Waals surface area (Å²) in [6.07, 6.45) is 4.21. The Morgan fingerprint density at radius 1 is 1.44 bits per heavy atom. The Kier molecular flexibility index (Phi) is 4.76. The number of hydrogen-bond donors (Lipinski definition) is 1. The molecule has 3 heteroatoms. The zero-order valence-corrected chi connectivity index (χ0v) is 10.8. The molecular formula is C13H24N2O. The maximum Gasteiger partial charge on any atom is 0.0628 e. The molecule has 3 nitrogen and oxygen atoms in total. The van der Waals surface area contributed by atoms with Crippen molar-refractivity contribution in [2.45, 2.75) is 39.5 Å². The molecule has 1 fully saturated rings. The van der Waals surface area contributed by atoms with Crippen LogP contribution in [0, 0.1) is 22.2 Å². The molecule has 1 N–H and O–H groups in total. The van der Waals surface area contributed by atoms with Crippen molar-refractivity contribution < 1.29 is 4.74 Å². The van der Waals surface area contributed by atoms with E-state index in [0.717, 1.165) is 26.1 Å². The Bertz CT molecular complexity index is 251. The molecular weight excluding hydrogens is 200 g/mol. The highest BCUT2D eigenvalue weighted by Gasteiger charge is 2.42. The van der Waals surface area contributed by atoms with E-state index in [1.54, 1.807) is 7.11 Å². The predicted molar refractivity (Wildman–Crippen MR) is 65.0 cm³/mol. The van der Waals surface area contributed by atoms with Crippen molar-refractivity contribution in [3.05, 3.63) is 0 Å². The lowest BCUT2D eigenvalue weighted by molar-refractivity contribution is 0.150. The Labute approximate surface area is 99.2 Å². The standard InChI is InChI=1S/C13H24N2O/c1-12(2,7-9-16-3)10-15-11-13(4-5-13)6-8-14/h15H,4-7,9-11H2,1-3H3. The molecule has 0 spiro atoms. The van der Waals surface area contributed by atoms with Crippen molar-refractivity contribution in [1.82, 2.24) is 5.32 Å². The highest BCUT2D eigenvalue weighted by atomic mass is 16.5. The van der Waals surface area contributed by atoms with Gasteiger partial charge in [0.2, 0.25) is 0 Å². The third-order valence-electron chi connectivity index (χ3n) is 3.50. The molecule has 0 unspecified atom stereocenters. The van der Waals surface area contributed by atoms with Gasteiger partial charge in [-0.1, -0.05) is 13.8 Å². The zero-order valence-electron chi connectivity index (χ0n) is 10.8. The largest absolute Gasteiger partial charge is 0.385 e. The van der Waals surface area contributed by atoms with E-state index >= 15 is 0 Å². The second kappa shape index (κ2) is 5.65. The van der Waals surface area contributed by atoms with Gasteiger partial charge in [-0.3, -0.25) is 0 Å². The number of methoxy groups -OCH3 is 1. The monoisotopic (exact) mass is 224 g/mol. The molecule has 0 atom stereocenters. The molecule has 0 aliphatic heterocycles. The summed E-state index contributed by atoms with van der Waals surface area (Å²) in [5.41, 5.74) is 0.588. The molecule has 0 radical (unpaired) electrons. The van der Waals surface area contributed by atoms with Gasteiger partial charge in [-0.15, -0.1) is 0 Å². The summed E-state index contributed by atoms with van der Waals surface area (Å²) in [6, 6.07) is 2.29. The number of nitriles is 1. The van der Waals surface area contributed by atoms with Crippen LogP contribution in [0.1, 0.15) is 39.5 Å². The molecule has 0 aromatic heterocycles. The first-order valence-corrected chi connectivity index (χ1v) is 6.10. The summed E-state index contributed by atoms with van der Waals surface area (Å²) in [7, 11) is 1.75. The van der Waals surface area contributed by atoms with Crippen molar-refractivity contribution in [1.29, 1.82) is 5.26 Å². The SMILES string of the molecule is COCCC(C)(C)CNCC1(CC#N)CC1. The first-order chi connectivity index (χ1) is 7.54. The maximum atomic E-state index is 8.72.